The Morgan fingerprint density at radius 2 is 1.74 bits per heavy atom. The molecule has 0 spiro atoms. The van der Waals surface area contributed by atoms with Crippen LogP contribution in [0, 0.1) is 23.7 Å². The standard InChI is InChI=1S/C14H18N2O3/c1-2-9(12(15)17)16-13(18)10-7-3-4-8(6-5-7)11(10)14(16)19/h3-4,7-11H,2,5-6H2,1H3,(H2,15,17)/t7-,8-,9+,10+,11+/m0/s1. The zero-order valence-corrected chi connectivity index (χ0v) is 10.9. The first-order valence-corrected chi connectivity index (χ1v) is 6.90. The van der Waals surface area contributed by atoms with E-state index in [4.69, 9.17) is 5.73 Å². The molecule has 0 aromatic rings. The van der Waals surface area contributed by atoms with Crippen LogP contribution >= 0.6 is 0 Å². The Morgan fingerprint density at radius 3 is 2.05 bits per heavy atom. The number of allylic oxidation sites excluding steroid dienone is 2. The summed E-state index contributed by atoms with van der Waals surface area (Å²) in [4.78, 5) is 37.6. The molecule has 0 aromatic heterocycles. The normalized spacial score (nSPS) is 37.6. The fourth-order valence-electron chi connectivity index (χ4n) is 3.92. The second-order valence-corrected chi connectivity index (χ2v) is 5.71. The van der Waals surface area contributed by atoms with Gasteiger partial charge in [0, 0.05) is 0 Å². The van der Waals surface area contributed by atoms with Gasteiger partial charge in [0.15, 0.2) is 0 Å². The van der Waals surface area contributed by atoms with Gasteiger partial charge in [-0.3, -0.25) is 19.3 Å². The van der Waals surface area contributed by atoms with Crippen LogP contribution in [-0.4, -0.2) is 28.7 Å². The van der Waals surface area contributed by atoms with Gasteiger partial charge in [0.05, 0.1) is 11.8 Å². The van der Waals surface area contributed by atoms with Crippen LogP contribution in [0.3, 0.4) is 0 Å². The summed E-state index contributed by atoms with van der Waals surface area (Å²) >= 11 is 0. The minimum Gasteiger partial charge on any atom is -0.368 e. The topological polar surface area (TPSA) is 80.5 Å². The highest BCUT2D eigenvalue weighted by Gasteiger charge is 2.58. The molecule has 4 rings (SSSR count). The Balaban J connectivity index is 1.97. The predicted molar refractivity (Wildman–Crippen MR) is 67.5 cm³/mol. The van der Waals surface area contributed by atoms with Crippen LogP contribution in [0.2, 0.25) is 0 Å². The van der Waals surface area contributed by atoms with Gasteiger partial charge in [-0.1, -0.05) is 19.1 Å². The Bertz CT molecular complexity index is 453. The second-order valence-electron chi connectivity index (χ2n) is 5.71. The lowest BCUT2D eigenvalue weighted by Gasteiger charge is -2.38. The highest BCUT2D eigenvalue weighted by molar-refractivity contribution is 6.08. The van der Waals surface area contributed by atoms with Crippen molar-refractivity contribution in [3.05, 3.63) is 12.2 Å². The van der Waals surface area contributed by atoms with Crippen molar-refractivity contribution in [2.75, 3.05) is 0 Å². The molecule has 2 bridgehead atoms. The van der Waals surface area contributed by atoms with E-state index in [1.807, 2.05) is 0 Å². The number of fused-ring (bicyclic) bond motifs is 1. The number of amides is 3. The summed E-state index contributed by atoms with van der Waals surface area (Å²) in [6.07, 6.45) is 6.44. The number of carbonyl (C=O) groups excluding carboxylic acids is 3. The van der Waals surface area contributed by atoms with Crippen molar-refractivity contribution in [2.24, 2.45) is 29.4 Å². The maximum Gasteiger partial charge on any atom is 0.240 e. The molecule has 2 N–H and O–H groups in total. The number of nitrogens with zero attached hydrogens (tertiary/aromatic N) is 1. The summed E-state index contributed by atoms with van der Waals surface area (Å²) in [7, 11) is 0. The molecule has 5 atom stereocenters. The molecule has 2 fully saturated rings. The molecule has 1 aliphatic heterocycles. The van der Waals surface area contributed by atoms with Gasteiger partial charge in [0.2, 0.25) is 17.7 Å². The van der Waals surface area contributed by atoms with E-state index in [1.165, 1.54) is 0 Å². The summed E-state index contributed by atoms with van der Waals surface area (Å²) < 4.78 is 0. The van der Waals surface area contributed by atoms with Crippen LogP contribution in [0.4, 0.5) is 0 Å². The molecule has 5 nitrogen and oxygen atoms in total. The van der Waals surface area contributed by atoms with E-state index in [-0.39, 0.29) is 35.5 Å². The van der Waals surface area contributed by atoms with Crippen molar-refractivity contribution in [1.82, 2.24) is 4.90 Å². The Hall–Kier alpha value is -1.65. The van der Waals surface area contributed by atoms with Gasteiger partial charge < -0.3 is 5.73 Å². The quantitative estimate of drug-likeness (QED) is 0.592. The lowest BCUT2D eigenvalue weighted by Crippen LogP contribution is -2.48. The summed E-state index contributed by atoms with van der Waals surface area (Å²) in [5, 5.41) is 0. The number of hydrogen-bond acceptors (Lipinski definition) is 3. The van der Waals surface area contributed by atoms with Crippen molar-refractivity contribution >= 4 is 17.7 Å². The minimum atomic E-state index is -0.787. The molecule has 5 heteroatoms. The summed E-state index contributed by atoms with van der Waals surface area (Å²) in [6, 6.07) is -0.787. The van der Waals surface area contributed by atoms with E-state index in [2.05, 4.69) is 12.2 Å². The molecule has 19 heavy (non-hydrogen) atoms. The van der Waals surface area contributed by atoms with Gasteiger partial charge in [-0.15, -0.1) is 0 Å². The summed E-state index contributed by atoms with van der Waals surface area (Å²) in [5.41, 5.74) is 5.33. The van der Waals surface area contributed by atoms with Gasteiger partial charge in [-0.05, 0) is 31.1 Å². The first-order chi connectivity index (χ1) is 9.06. The van der Waals surface area contributed by atoms with E-state index >= 15 is 0 Å². The first-order valence-electron chi connectivity index (χ1n) is 6.90. The zero-order valence-electron chi connectivity index (χ0n) is 10.9. The summed E-state index contributed by atoms with van der Waals surface area (Å²) in [5.74, 6) is -1.19. The van der Waals surface area contributed by atoms with E-state index in [0.717, 1.165) is 17.7 Å². The molecule has 0 unspecified atom stereocenters. The molecule has 1 heterocycles. The molecule has 3 aliphatic carbocycles. The van der Waals surface area contributed by atoms with Crippen LogP contribution in [0.15, 0.2) is 12.2 Å². The van der Waals surface area contributed by atoms with E-state index in [9.17, 15) is 14.4 Å². The third kappa shape index (κ3) is 1.57. The van der Waals surface area contributed by atoms with E-state index in [1.54, 1.807) is 6.92 Å². The molecule has 1 saturated carbocycles. The Morgan fingerprint density at radius 1 is 1.26 bits per heavy atom. The number of imide groups is 1. The zero-order chi connectivity index (χ0) is 13.7. The highest BCUT2D eigenvalue weighted by Crippen LogP contribution is 2.50. The smallest absolute Gasteiger partial charge is 0.240 e. The maximum absolute atomic E-state index is 12.5. The fraction of sp³-hybridized carbons (Fsp3) is 0.643. The number of hydrogen-bond donors (Lipinski definition) is 1. The van der Waals surface area contributed by atoms with Gasteiger partial charge >= 0.3 is 0 Å². The lowest BCUT2D eigenvalue weighted by molar-refractivity contribution is -0.147. The number of carbonyl (C=O) groups is 3. The number of likely N-dealkylation sites (tertiary alicyclic amines) is 1. The highest BCUT2D eigenvalue weighted by atomic mass is 16.2. The van der Waals surface area contributed by atoms with Crippen LogP contribution in [0.5, 0.6) is 0 Å². The van der Waals surface area contributed by atoms with Crippen LogP contribution in [0.25, 0.3) is 0 Å². The summed E-state index contributed by atoms with van der Waals surface area (Å²) in [6.45, 7) is 1.77. The minimum absolute atomic E-state index is 0.154. The lowest BCUT2D eigenvalue weighted by atomic mass is 9.63. The average Bonchev–Trinajstić information content (AvgIpc) is 2.68. The molecule has 102 valence electrons. The van der Waals surface area contributed by atoms with Crippen LogP contribution in [-0.2, 0) is 14.4 Å². The Kier molecular flexibility index (Phi) is 2.73. The third-order valence-corrected chi connectivity index (χ3v) is 4.82. The Labute approximate surface area is 111 Å². The SMILES string of the molecule is CC[C@H](C(N)=O)N1C(=O)[C@H]2[C@H](C1=O)[C@H]1C=C[C@H]2CC1. The van der Waals surface area contributed by atoms with Crippen LogP contribution in [0.1, 0.15) is 26.2 Å². The first kappa shape index (κ1) is 12.4. The molecule has 1 saturated heterocycles. The van der Waals surface area contributed by atoms with Crippen molar-refractivity contribution in [1.29, 1.82) is 0 Å². The van der Waals surface area contributed by atoms with Gasteiger partial charge in [0.25, 0.3) is 0 Å². The van der Waals surface area contributed by atoms with Crippen molar-refractivity contribution in [3.8, 4) is 0 Å². The molecule has 0 radical (unpaired) electrons. The monoisotopic (exact) mass is 262 g/mol. The van der Waals surface area contributed by atoms with Gasteiger partial charge in [-0.2, -0.15) is 0 Å². The molecule has 4 aliphatic rings. The van der Waals surface area contributed by atoms with Gasteiger partial charge in [0.1, 0.15) is 6.04 Å². The van der Waals surface area contributed by atoms with Crippen LogP contribution < -0.4 is 5.73 Å². The van der Waals surface area contributed by atoms with E-state index < -0.39 is 11.9 Å². The fourth-order valence-corrected chi connectivity index (χ4v) is 3.92. The second kappa shape index (κ2) is 4.18. The number of nitrogens with two attached hydrogens (primary N) is 1. The molecule has 3 amide bonds. The maximum atomic E-state index is 12.5. The average molecular weight is 262 g/mol. The number of rotatable bonds is 3. The third-order valence-electron chi connectivity index (χ3n) is 4.82. The van der Waals surface area contributed by atoms with Crippen molar-refractivity contribution in [3.63, 3.8) is 0 Å². The van der Waals surface area contributed by atoms with Gasteiger partial charge in [-0.25, -0.2) is 0 Å². The molecular formula is C14H18N2O3. The largest absolute Gasteiger partial charge is 0.368 e. The number of primary amides is 1. The van der Waals surface area contributed by atoms with Crippen molar-refractivity contribution in [2.45, 2.75) is 32.2 Å². The predicted octanol–water partition coefficient (Wildman–Crippen LogP) is 0.447. The van der Waals surface area contributed by atoms with E-state index in [0.29, 0.717) is 6.42 Å². The molecule has 0 aromatic carbocycles. The molecular weight excluding hydrogens is 244 g/mol. The van der Waals surface area contributed by atoms with Crippen molar-refractivity contribution < 1.29 is 14.4 Å².